The maximum atomic E-state index is 5.19. The Hall–Kier alpha value is -2.29. The van der Waals surface area contributed by atoms with Gasteiger partial charge in [-0.3, -0.25) is 0 Å². The molecule has 0 atom stereocenters. The second-order valence-electron chi connectivity index (χ2n) is 3.90. The molecule has 0 radical (unpaired) electrons. The molecular formula is C13H8N2O. The first-order valence-electron chi connectivity index (χ1n) is 5.16. The molecule has 0 amide bonds. The van der Waals surface area contributed by atoms with Crippen molar-refractivity contribution in [2.75, 3.05) is 0 Å². The maximum absolute atomic E-state index is 5.19. The van der Waals surface area contributed by atoms with Crippen LogP contribution in [0.1, 0.15) is 0 Å². The number of aromatic nitrogens is 2. The summed E-state index contributed by atoms with van der Waals surface area (Å²) in [6, 6.07) is 10.5. The van der Waals surface area contributed by atoms with Crippen molar-refractivity contribution in [1.82, 2.24) is 10.1 Å². The molecule has 2 heterocycles. The second-order valence-corrected chi connectivity index (χ2v) is 3.90. The van der Waals surface area contributed by atoms with Crippen molar-refractivity contribution in [2.45, 2.75) is 0 Å². The van der Waals surface area contributed by atoms with E-state index >= 15 is 0 Å². The molecule has 4 aromatic rings. The SMILES string of the molecule is c1ccc2c(c1)cc1c3c[nH]oc3ncc21. The number of H-pyrrole nitrogens is 1. The Kier molecular flexibility index (Phi) is 1.31. The zero-order chi connectivity index (χ0) is 10.5. The highest BCUT2D eigenvalue weighted by molar-refractivity contribution is 6.18. The topological polar surface area (TPSA) is 41.8 Å². The quantitative estimate of drug-likeness (QED) is 0.480. The van der Waals surface area contributed by atoms with Gasteiger partial charge in [-0.15, -0.1) is 0 Å². The lowest BCUT2D eigenvalue weighted by molar-refractivity contribution is 0.449. The molecule has 0 saturated heterocycles. The van der Waals surface area contributed by atoms with Gasteiger partial charge in [0.05, 0.1) is 5.39 Å². The lowest BCUT2D eigenvalue weighted by Gasteiger charge is -1.91. The lowest BCUT2D eigenvalue weighted by Crippen LogP contribution is -1.72. The minimum Gasteiger partial charge on any atom is -0.362 e. The fraction of sp³-hybridized carbons (Fsp3) is 0. The summed E-state index contributed by atoms with van der Waals surface area (Å²) >= 11 is 0. The number of pyridine rings is 1. The third kappa shape index (κ3) is 0.852. The average Bonchev–Trinajstić information content (AvgIpc) is 2.92. The summed E-state index contributed by atoms with van der Waals surface area (Å²) in [4.78, 5) is 4.29. The minimum atomic E-state index is 0.655. The van der Waals surface area contributed by atoms with E-state index < -0.39 is 0 Å². The van der Waals surface area contributed by atoms with Crippen molar-refractivity contribution >= 4 is 32.6 Å². The van der Waals surface area contributed by atoms with E-state index in [0.717, 1.165) is 5.39 Å². The van der Waals surface area contributed by atoms with Gasteiger partial charge in [-0.2, -0.15) is 0 Å². The van der Waals surface area contributed by atoms with Crippen molar-refractivity contribution in [3.8, 4) is 0 Å². The van der Waals surface area contributed by atoms with Crippen LogP contribution in [0.25, 0.3) is 32.6 Å². The first-order chi connectivity index (χ1) is 7.93. The monoisotopic (exact) mass is 208 g/mol. The van der Waals surface area contributed by atoms with E-state index in [1.54, 1.807) is 0 Å². The van der Waals surface area contributed by atoms with Crippen LogP contribution in [-0.4, -0.2) is 10.1 Å². The fourth-order valence-electron chi connectivity index (χ4n) is 2.28. The Labute approximate surface area is 90.7 Å². The predicted molar refractivity (Wildman–Crippen MR) is 63.4 cm³/mol. The first kappa shape index (κ1) is 7.93. The van der Waals surface area contributed by atoms with Gasteiger partial charge in [-0.05, 0) is 22.2 Å². The first-order valence-corrected chi connectivity index (χ1v) is 5.16. The van der Waals surface area contributed by atoms with Gasteiger partial charge in [-0.1, -0.05) is 24.3 Å². The summed E-state index contributed by atoms with van der Waals surface area (Å²) in [5.41, 5.74) is 0.655. The van der Waals surface area contributed by atoms with Crippen LogP contribution in [0.2, 0.25) is 0 Å². The number of nitrogens with one attached hydrogen (secondary N) is 1. The molecule has 0 spiro atoms. The van der Waals surface area contributed by atoms with Gasteiger partial charge in [0.2, 0.25) is 0 Å². The molecule has 0 aliphatic rings. The van der Waals surface area contributed by atoms with Gasteiger partial charge in [0, 0.05) is 17.8 Å². The van der Waals surface area contributed by atoms with Crippen molar-refractivity contribution < 1.29 is 4.52 Å². The van der Waals surface area contributed by atoms with E-state index in [-0.39, 0.29) is 0 Å². The van der Waals surface area contributed by atoms with Crippen LogP contribution in [0.15, 0.2) is 47.2 Å². The Balaban J connectivity index is 2.38. The Bertz CT molecular complexity index is 810. The molecule has 4 rings (SSSR count). The Morgan fingerprint density at radius 2 is 1.94 bits per heavy atom. The number of fused-ring (bicyclic) bond motifs is 5. The number of rotatable bonds is 0. The summed E-state index contributed by atoms with van der Waals surface area (Å²) in [5, 5.41) is 8.63. The van der Waals surface area contributed by atoms with E-state index in [1.165, 1.54) is 21.5 Å². The summed E-state index contributed by atoms with van der Waals surface area (Å²) in [5.74, 6) is 0. The van der Waals surface area contributed by atoms with Crippen molar-refractivity contribution in [1.29, 1.82) is 0 Å². The molecule has 0 bridgehead atoms. The van der Waals surface area contributed by atoms with Crippen LogP contribution in [0.4, 0.5) is 0 Å². The highest BCUT2D eigenvalue weighted by Crippen LogP contribution is 2.32. The Morgan fingerprint density at radius 3 is 2.94 bits per heavy atom. The van der Waals surface area contributed by atoms with Gasteiger partial charge in [0.15, 0.2) is 0 Å². The van der Waals surface area contributed by atoms with E-state index in [1.807, 2.05) is 24.5 Å². The van der Waals surface area contributed by atoms with Crippen molar-refractivity contribution in [3.63, 3.8) is 0 Å². The standard InChI is InChI=1S/C13H8N2O/c1-2-4-9-8(3-1)5-10-11(9)6-14-13-12(10)7-15-16-13/h1-7,15H. The molecule has 16 heavy (non-hydrogen) atoms. The smallest absolute Gasteiger partial charge is 0.255 e. The van der Waals surface area contributed by atoms with E-state index in [0.29, 0.717) is 5.71 Å². The van der Waals surface area contributed by atoms with Crippen LogP contribution in [0.3, 0.4) is 0 Å². The van der Waals surface area contributed by atoms with Crippen molar-refractivity contribution in [3.05, 3.63) is 42.7 Å². The number of benzene rings is 1. The van der Waals surface area contributed by atoms with Gasteiger partial charge >= 0.3 is 0 Å². The molecule has 0 aliphatic heterocycles. The van der Waals surface area contributed by atoms with Crippen LogP contribution in [0.5, 0.6) is 0 Å². The average molecular weight is 208 g/mol. The normalized spacial score (nSPS) is 11.8. The fourth-order valence-corrected chi connectivity index (χ4v) is 2.28. The molecule has 76 valence electrons. The number of hydrogen-bond acceptors (Lipinski definition) is 2. The Morgan fingerprint density at radius 1 is 1.00 bits per heavy atom. The molecule has 0 aliphatic carbocycles. The third-order valence-corrected chi connectivity index (χ3v) is 3.03. The van der Waals surface area contributed by atoms with Crippen LogP contribution in [-0.2, 0) is 0 Å². The molecule has 2 aromatic heterocycles. The zero-order valence-corrected chi connectivity index (χ0v) is 8.40. The summed E-state index contributed by atoms with van der Waals surface area (Å²) in [6.07, 6.45) is 3.72. The van der Waals surface area contributed by atoms with Gasteiger partial charge < -0.3 is 4.52 Å². The molecular weight excluding hydrogens is 200 g/mol. The molecule has 0 unspecified atom stereocenters. The molecule has 1 N–H and O–H groups in total. The van der Waals surface area contributed by atoms with Gasteiger partial charge in [0.25, 0.3) is 5.71 Å². The van der Waals surface area contributed by atoms with Crippen molar-refractivity contribution in [2.24, 2.45) is 0 Å². The summed E-state index contributed by atoms with van der Waals surface area (Å²) in [6.45, 7) is 0. The van der Waals surface area contributed by atoms with E-state index in [4.69, 9.17) is 4.52 Å². The molecule has 3 heteroatoms. The summed E-state index contributed by atoms with van der Waals surface area (Å²) in [7, 11) is 0. The maximum Gasteiger partial charge on any atom is 0.255 e. The number of aromatic amines is 1. The molecule has 0 fully saturated rings. The second kappa shape index (κ2) is 2.64. The highest BCUT2D eigenvalue weighted by Gasteiger charge is 2.09. The zero-order valence-electron chi connectivity index (χ0n) is 8.40. The predicted octanol–water partition coefficient (Wildman–Crippen LogP) is 3.46. The largest absolute Gasteiger partial charge is 0.362 e. The highest BCUT2D eigenvalue weighted by atomic mass is 16.5. The molecule has 2 aromatic carbocycles. The third-order valence-electron chi connectivity index (χ3n) is 3.03. The number of hydrogen-bond donors (Lipinski definition) is 1. The van der Waals surface area contributed by atoms with E-state index in [2.05, 4.69) is 28.3 Å². The van der Waals surface area contributed by atoms with Crippen LogP contribution < -0.4 is 0 Å². The van der Waals surface area contributed by atoms with Crippen LogP contribution >= 0.6 is 0 Å². The molecule has 3 nitrogen and oxygen atoms in total. The lowest BCUT2D eigenvalue weighted by atomic mass is 10.2. The van der Waals surface area contributed by atoms with Gasteiger partial charge in [-0.25, -0.2) is 10.1 Å². The summed E-state index contributed by atoms with van der Waals surface area (Å²) < 4.78 is 5.19. The number of nitrogens with zero attached hydrogens (tertiary/aromatic N) is 1. The minimum absolute atomic E-state index is 0.655. The molecule has 0 saturated carbocycles. The van der Waals surface area contributed by atoms with E-state index in [9.17, 15) is 0 Å². The van der Waals surface area contributed by atoms with Crippen LogP contribution in [0, 0.1) is 0 Å². The van der Waals surface area contributed by atoms with Gasteiger partial charge in [0.1, 0.15) is 0 Å².